The minimum Gasteiger partial charge on any atom is -0.330 e. The quantitative estimate of drug-likeness (QED) is 0.662. The fraction of sp³-hybridized carbons (Fsp3) is 0.500. The van der Waals surface area contributed by atoms with Crippen LogP contribution in [0, 0.1) is 0 Å². The Hall–Kier alpha value is -2.14. The van der Waals surface area contributed by atoms with E-state index < -0.39 is 9.84 Å². The molecule has 168 valence electrons. The zero-order valence-electron chi connectivity index (χ0n) is 19.6. The molecular weight excluding hydrogens is 406 g/mol. The summed E-state index contributed by atoms with van der Waals surface area (Å²) in [7, 11) is -3.09. The van der Waals surface area contributed by atoms with Gasteiger partial charge in [-0.2, -0.15) is 0 Å². The molecule has 1 amide bonds. The molecule has 4 nitrogen and oxygen atoms in total. The summed E-state index contributed by atoms with van der Waals surface area (Å²) in [6.07, 6.45) is 0.494. The molecule has 1 aliphatic rings. The van der Waals surface area contributed by atoms with E-state index in [9.17, 15) is 13.2 Å². The van der Waals surface area contributed by atoms with Crippen molar-refractivity contribution in [2.45, 2.75) is 71.4 Å². The van der Waals surface area contributed by atoms with Crippen LogP contribution < -0.4 is 0 Å². The average molecular weight is 442 g/mol. The van der Waals surface area contributed by atoms with Crippen molar-refractivity contribution in [3.8, 4) is 0 Å². The van der Waals surface area contributed by atoms with Crippen molar-refractivity contribution in [3.63, 3.8) is 0 Å². The average Bonchev–Trinajstić information content (AvgIpc) is 3.04. The summed E-state index contributed by atoms with van der Waals surface area (Å²) < 4.78 is 24.3. The molecule has 5 heteroatoms. The molecule has 1 unspecified atom stereocenters. The van der Waals surface area contributed by atoms with Gasteiger partial charge in [-0.15, -0.1) is 0 Å². The van der Waals surface area contributed by atoms with Gasteiger partial charge in [-0.25, -0.2) is 8.42 Å². The van der Waals surface area contributed by atoms with Crippen LogP contribution in [0.5, 0.6) is 0 Å². The first-order valence-corrected chi connectivity index (χ1v) is 12.8. The molecule has 0 radical (unpaired) electrons. The van der Waals surface area contributed by atoms with E-state index in [1.807, 2.05) is 36.4 Å². The molecular formula is C26H35NO3S. The van der Waals surface area contributed by atoms with Gasteiger partial charge in [0, 0.05) is 18.2 Å². The van der Waals surface area contributed by atoms with Crippen LogP contribution in [-0.4, -0.2) is 36.8 Å². The number of benzene rings is 2. The topological polar surface area (TPSA) is 54.5 Å². The molecule has 0 aromatic heterocycles. The van der Waals surface area contributed by atoms with Crippen molar-refractivity contribution >= 4 is 15.7 Å². The molecule has 0 bridgehead atoms. The van der Waals surface area contributed by atoms with Crippen molar-refractivity contribution < 1.29 is 13.2 Å². The number of carbonyl (C=O) groups excluding carboxylic acids is 1. The first-order valence-electron chi connectivity index (χ1n) is 11.0. The number of rotatable bonds is 4. The number of hydrogen-bond acceptors (Lipinski definition) is 3. The molecule has 3 rings (SSSR count). The molecule has 2 aromatic carbocycles. The maximum atomic E-state index is 13.5. The van der Waals surface area contributed by atoms with Gasteiger partial charge in [0.05, 0.1) is 11.5 Å². The number of hydrogen-bond donors (Lipinski definition) is 0. The fourth-order valence-corrected chi connectivity index (χ4v) is 5.70. The molecule has 1 atom stereocenters. The van der Waals surface area contributed by atoms with Crippen LogP contribution in [0.25, 0.3) is 0 Å². The lowest BCUT2D eigenvalue weighted by Crippen LogP contribution is -2.40. The lowest BCUT2D eigenvalue weighted by Gasteiger charge is -2.29. The Bertz CT molecular complexity index is 1020. The van der Waals surface area contributed by atoms with Crippen LogP contribution in [0.2, 0.25) is 0 Å². The Morgan fingerprint density at radius 2 is 1.35 bits per heavy atom. The zero-order chi connectivity index (χ0) is 23.0. The normalized spacial score (nSPS) is 18.7. The highest BCUT2D eigenvalue weighted by Gasteiger charge is 2.35. The Kier molecular flexibility index (Phi) is 6.39. The smallest absolute Gasteiger partial charge is 0.254 e. The fourth-order valence-electron chi connectivity index (χ4n) is 3.97. The molecule has 1 heterocycles. The maximum absolute atomic E-state index is 13.5. The predicted molar refractivity (Wildman–Crippen MR) is 127 cm³/mol. The first kappa shape index (κ1) is 23.5. The molecule has 2 aromatic rings. The van der Waals surface area contributed by atoms with Crippen LogP contribution in [0.15, 0.2) is 48.5 Å². The number of nitrogens with zero attached hydrogens (tertiary/aromatic N) is 1. The monoisotopic (exact) mass is 441 g/mol. The van der Waals surface area contributed by atoms with Crippen LogP contribution in [0.4, 0.5) is 0 Å². The number of amides is 1. The Balaban J connectivity index is 1.89. The van der Waals surface area contributed by atoms with Crippen molar-refractivity contribution in [1.29, 1.82) is 0 Å². The van der Waals surface area contributed by atoms with E-state index in [-0.39, 0.29) is 34.3 Å². The number of carbonyl (C=O) groups is 1. The third-order valence-electron chi connectivity index (χ3n) is 6.08. The van der Waals surface area contributed by atoms with Gasteiger partial charge in [-0.3, -0.25) is 4.79 Å². The van der Waals surface area contributed by atoms with E-state index in [4.69, 9.17) is 0 Å². The second-order valence-corrected chi connectivity index (χ2v) is 13.0. The minimum absolute atomic E-state index is 0.00952. The zero-order valence-corrected chi connectivity index (χ0v) is 20.4. The van der Waals surface area contributed by atoms with Gasteiger partial charge in [0.15, 0.2) is 9.84 Å². The van der Waals surface area contributed by atoms with Gasteiger partial charge in [-0.05, 0) is 46.1 Å². The van der Waals surface area contributed by atoms with Crippen LogP contribution in [-0.2, 0) is 27.2 Å². The summed E-state index contributed by atoms with van der Waals surface area (Å²) in [5.74, 6) is 0.0779. The largest absolute Gasteiger partial charge is 0.330 e. The summed E-state index contributed by atoms with van der Waals surface area (Å²) in [6.45, 7) is 13.3. The Labute approximate surface area is 187 Å². The predicted octanol–water partition coefficient (Wildman–Crippen LogP) is 5.11. The van der Waals surface area contributed by atoms with E-state index >= 15 is 0 Å². The van der Waals surface area contributed by atoms with Gasteiger partial charge in [-0.1, -0.05) is 77.9 Å². The van der Waals surface area contributed by atoms with Crippen LogP contribution in [0.3, 0.4) is 0 Å². The molecule has 31 heavy (non-hydrogen) atoms. The SMILES string of the molecule is CC(C)(C)c1ccc(CN(C(=O)c2ccc(C(C)(C)C)cc2)C2CCS(=O)(=O)C2)cc1. The molecule has 0 saturated carbocycles. The third-order valence-corrected chi connectivity index (χ3v) is 7.83. The van der Waals surface area contributed by atoms with Gasteiger partial charge in [0.1, 0.15) is 0 Å². The Morgan fingerprint density at radius 1 is 0.871 bits per heavy atom. The molecule has 0 aliphatic carbocycles. The summed E-state index contributed by atoms with van der Waals surface area (Å²) >= 11 is 0. The van der Waals surface area contributed by atoms with E-state index in [1.54, 1.807) is 4.90 Å². The highest BCUT2D eigenvalue weighted by molar-refractivity contribution is 7.91. The summed E-state index contributed by atoms with van der Waals surface area (Å²) in [6, 6.07) is 15.7. The van der Waals surface area contributed by atoms with Crippen molar-refractivity contribution in [1.82, 2.24) is 4.90 Å². The highest BCUT2D eigenvalue weighted by atomic mass is 32.2. The van der Waals surface area contributed by atoms with Gasteiger partial charge in [0.25, 0.3) is 5.91 Å². The molecule has 0 N–H and O–H groups in total. The highest BCUT2D eigenvalue weighted by Crippen LogP contribution is 2.27. The molecule has 1 aliphatic heterocycles. The number of sulfone groups is 1. The Morgan fingerprint density at radius 3 is 1.77 bits per heavy atom. The minimum atomic E-state index is -3.09. The van der Waals surface area contributed by atoms with Crippen molar-refractivity contribution in [2.24, 2.45) is 0 Å². The van der Waals surface area contributed by atoms with Crippen molar-refractivity contribution in [3.05, 3.63) is 70.8 Å². The standard InChI is InChI=1S/C26H35NO3S/c1-25(2,3)21-11-7-19(8-12-21)17-27(23-15-16-31(29,30)18-23)24(28)20-9-13-22(14-10-20)26(4,5)6/h7-14,23H,15-18H2,1-6H3. The summed E-state index contributed by atoms with van der Waals surface area (Å²) in [5.41, 5.74) is 4.07. The first-order chi connectivity index (χ1) is 14.3. The van der Waals surface area contributed by atoms with E-state index in [2.05, 4.69) is 53.7 Å². The van der Waals surface area contributed by atoms with Crippen molar-refractivity contribution in [2.75, 3.05) is 11.5 Å². The van der Waals surface area contributed by atoms with E-state index in [0.29, 0.717) is 18.5 Å². The lowest BCUT2D eigenvalue weighted by molar-refractivity contribution is 0.0681. The second-order valence-electron chi connectivity index (χ2n) is 10.8. The maximum Gasteiger partial charge on any atom is 0.254 e. The van der Waals surface area contributed by atoms with E-state index in [1.165, 1.54) is 5.56 Å². The summed E-state index contributed by atoms with van der Waals surface area (Å²) in [4.78, 5) is 15.2. The third kappa shape index (κ3) is 5.76. The second kappa shape index (κ2) is 8.42. The molecule has 0 spiro atoms. The van der Waals surface area contributed by atoms with Crippen LogP contribution in [0.1, 0.15) is 75.0 Å². The lowest BCUT2D eigenvalue weighted by atomic mass is 9.86. The van der Waals surface area contributed by atoms with Crippen LogP contribution >= 0.6 is 0 Å². The van der Waals surface area contributed by atoms with E-state index in [0.717, 1.165) is 11.1 Å². The van der Waals surface area contributed by atoms with Gasteiger partial charge >= 0.3 is 0 Å². The van der Waals surface area contributed by atoms with Gasteiger partial charge in [0.2, 0.25) is 0 Å². The molecule has 1 fully saturated rings. The summed E-state index contributed by atoms with van der Waals surface area (Å²) in [5, 5.41) is 0. The molecule has 1 saturated heterocycles. The van der Waals surface area contributed by atoms with Gasteiger partial charge < -0.3 is 4.90 Å².